The summed E-state index contributed by atoms with van der Waals surface area (Å²) in [6, 6.07) is 1.76. The summed E-state index contributed by atoms with van der Waals surface area (Å²) in [4.78, 5) is 11.2. The molecule has 0 amide bonds. The highest BCUT2D eigenvalue weighted by molar-refractivity contribution is 5.79. The third-order valence-corrected chi connectivity index (χ3v) is 2.45. The van der Waals surface area contributed by atoms with Gasteiger partial charge < -0.3 is 5.11 Å². The molecule has 1 aromatic heterocycles. The van der Waals surface area contributed by atoms with Gasteiger partial charge in [0.1, 0.15) is 5.41 Å². The van der Waals surface area contributed by atoms with Crippen LogP contribution in [0.1, 0.15) is 40.3 Å². The Morgan fingerprint density at radius 2 is 1.87 bits per heavy atom. The van der Waals surface area contributed by atoms with E-state index < -0.39 is 11.4 Å². The first kappa shape index (κ1) is 11.8. The minimum atomic E-state index is -0.913. The molecule has 15 heavy (non-hydrogen) atoms. The zero-order chi connectivity index (χ0) is 11.9. The number of aliphatic carboxylic acids is 1. The van der Waals surface area contributed by atoms with Crippen molar-refractivity contribution in [2.45, 2.75) is 45.6 Å². The van der Waals surface area contributed by atoms with Gasteiger partial charge in [0.2, 0.25) is 0 Å². The fraction of sp³-hybridized carbons (Fsp3) is 0.636. The molecule has 0 aromatic carbocycles. The van der Waals surface area contributed by atoms with Crippen molar-refractivity contribution in [3.63, 3.8) is 0 Å². The number of hydrogen-bond acceptors (Lipinski definition) is 2. The molecule has 1 aromatic rings. The molecule has 0 unspecified atom stereocenters. The second-order valence-corrected chi connectivity index (χ2v) is 5.23. The summed E-state index contributed by atoms with van der Waals surface area (Å²) in [7, 11) is 0. The quantitative estimate of drug-likeness (QED) is 0.812. The number of carbonyl (C=O) groups is 1. The largest absolute Gasteiger partial charge is 0.481 e. The van der Waals surface area contributed by atoms with E-state index in [1.54, 1.807) is 30.8 Å². The molecular weight excluding hydrogens is 192 g/mol. The minimum Gasteiger partial charge on any atom is -0.481 e. The van der Waals surface area contributed by atoms with Crippen molar-refractivity contribution < 1.29 is 9.90 Å². The number of carboxylic acid groups (broad SMARTS) is 1. The van der Waals surface area contributed by atoms with Gasteiger partial charge in [-0.3, -0.25) is 9.48 Å². The molecule has 0 aliphatic heterocycles. The molecule has 1 rings (SSSR count). The highest BCUT2D eigenvalue weighted by Crippen LogP contribution is 2.27. The Morgan fingerprint density at radius 1 is 1.33 bits per heavy atom. The molecule has 4 nitrogen and oxygen atoms in total. The molecule has 0 saturated heterocycles. The van der Waals surface area contributed by atoms with Crippen LogP contribution in [0.2, 0.25) is 0 Å². The van der Waals surface area contributed by atoms with Crippen LogP contribution < -0.4 is 0 Å². The topological polar surface area (TPSA) is 55.1 Å². The predicted octanol–water partition coefficient (Wildman–Crippen LogP) is 2.00. The van der Waals surface area contributed by atoms with Crippen LogP contribution in [0, 0.1) is 0 Å². The normalized spacial score (nSPS) is 12.9. The van der Waals surface area contributed by atoms with Crippen molar-refractivity contribution in [1.29, 1.82) is 0 Å². The standard InChI is InChI=1S/C11H18N2O2/c1-10(2,3)13-8(6-7-12-13)11(4,5)9(14)15/h6-7H,1-5H3,(H,14,15). The molecule has 0 spiro atoms. The molecule has 0 saturated carbocycles. The van der Waals surface area contributed by atoms with E-state index in [2.05, 4.69) is 5.10 Å². The SMILES string of the molecule is CC(C)(C(=O)O)c1ccnn1C(C)(C)C. The van der Waals surface area contributed by atoms with E-state index >= 15 is 0 Å². The number of rotatable bonds is 2. The summed E-state index contributed by atoms with van der Waals surface area (Å²) in [6.45, 7) is 9.38. The molecule has 1 heterocycles. The Bertz CT molecular complexity index is 372. The zero-order valence-corrected chi connectivity index (χ0v) is 9.90. The molecular formula is C11H18N2O2. The van der Waals surface area contributed by atoms with Crippen LogP contribution in [0.3, 0.4) is 0 Å². The van der Waals surface area contributed by atoms with Crippen molar-refractivity contribution in [3.05, 3.63) is 18.0 Å². The average molecular weight is 210 g/mol. The Balaban J connectivity index is 3.28. The van der Waals surface area contributed by atoms with Gasteiger partial charge in [-0.2, -0.15) is 5.10 Å². The number of hydrogen-bond donors (Lipinski definition) is 1. The van der Waals surface area contributed by atoms with Gasteiger partial charge in [0, 0.05) is 6.20 Å². The monoisotopic (exact) mass is 210 g/mol. The molecule has 0 aliphatic rings. The first-order valence-corrected chi connectivity index (χ1v) is 4.96. The van der Waals surface area contributed by atoms with Gasteiger partial charge >= 0.3 is 5.97 Å². The number of aromatic nitrogens is 2. The summed E-state index contributed by atoms with van der Waals surface area (Å²) in [5.41, 5.74) is -0.391. The molecule has 0 atom stereocenters. The highest BCUT2D eigenvalue weighted by atomic mass is 16.4. The maximum Gasteiger partial charge on any atom is 0.315 e. The van der Waals surface area contributed by atoms with Crippen LogP contribution in [0.25, 0.3) is 0 Å². The molecule has 0 fully saturated rings. The molecule has 0 bridgehead atoms. The van der Waals surface area contributed by atoms with Crippen LogP contribution in [0.5, 0.6) is 0 Å². The third-order valence-electron chi connectivity index (χ3n) is 2.45. The lowest BCUT2D eigenvalue weighted by Gasteiger charge is -2.28. The molecule has 4 heteroatoms. The molecule has 0 radical (unpaired) electrons. The van der Waals surface area contributed by atoms with Gasteiger partial charge in [-0.05, 0) is 40.7 Å². The van der Waals surface area contributed by atoms with Gasteiger partial charge in [0.15, 0.2) is 0 Å². The smallest absolute Gasteiger partial charge is 0.315 e. The van der Waals surface area contributed by atoms with Gasteiger partial charge in [-0.15, -0.1) is 0 Å². The summed E-state index contributed by atoms with van der Waals surface area (Å²) in [6.07, 6.45) is 1.64. The van der Waals surface area contributed by atoms with Gasteiger partial charge in [-0.1, -0.05) is 0 Å². The van der Waals surface area contributed by atoms with E-state index in [1.165, 1.54) is 0 Å². The summed E-state index contributed by atoms with van der Waals surface area (Å²) < 4.78 is 1.76. The van der Waals surface area contributed by atoms with Crippen molar-refractivity contribution >= 4 is 5.97 Å². The molecule has 0 aliphatic carbocycles. The Labute approximate surface area is 89.9 Å². The van der Waals surface area contributed by atoms with Gasteiger partial charge in [-0.25, -0.2) is 0 Å². The Morgan fingerprint density at radius 3 is 2.27 bits per heavy atom. The third kappa shape index (κ3) is 2.03. The van der Waals surface area contributed by atoms with Crippen LogP contribution in [0.4, 0.5) is 0 Å². The maximum absolute atomic E-state index is 11.2. The first-order chi connectivity index (χ1) is 6.67. The van der Waals surface area contributed by atoms with Gasteiger partial charge in [0.05, 0.1) is 11.2 Å². The fourth-order valence-electron chi connectivity index (χ4n) is 1.42. The maximum atomic E-state index is 11.2. The summed E-state index contributed by atoms with van der Waals surface area (Å²) >= 11 is 0. The van der Waals surface area contributed by atoms with E-state index in [0.717, 1.165) is 5.69 Å². The molecule has 1 N–H and O–H groups in total. The minimum absolute atomic E-state index is 0.203. The second-order valence-electron chi connectivity index (χ2n) is 5.23. The van der Waals surface area contributed by atoms with Crippen LogP contribution in [-0.2, 0) is 15.7 Å². The van der Waals surface area contributed by atoms with Crippen LogP contribution in [0.15, 0.2) is 12.3 Å². The van der Waals surface area contributed by atoms with Crippen molar-refractivity contribution in [2.24, 2.45) is 0 Å². The van der Waals surface area contributed by atoms with Gasteiger partial charge in [0.25, 0.3) is 0 Å². The van der Waals surface area contributed by atoms with Crippen molar-refractivity contribution in [1.82, 2.24) is 9.78 Å². The molecule has 84 valence electrons. The van der Waals surface area contributed by atoms with Crippen LogP contribution >= 0.6 is 0 Å². The van der Waals surface area contributed by atoms with E-state index in [9.17, 15) is 4.79 Å². The van der Waals surface area contributed by atoms with E-state index in [4.69, 9.17) is 5.11 Å². The second kappa shape index (κ2) is 3.36. The van der Waals surface area contributed by atoms with Crippen molar-refractivity contribution in [3.8, 4) is 0 Å². The Hall–Kier alpha value is -1.32. The van der Waals surface area contributed by atoms with E-state index in [0.29, 0.717) is 0 Å². The zero-order valence-electron chi connectivity index (χ0n) is 9.90. The highest BCUT2D eigenvalue weighted by Gasteiger charge is 2.35. The lowest BCUT2D eigenvalue weighted by Crippen LogP contribution is -2.36. The average Bonchev–Trinajstić information content (AvgIpc) is 2.49. The predicted molar refractivity (Wildman–Crippen MR) is 57.9 cm³/mol. The lowest BCUT2D eigenvalue weighted by molar-refractivity contribution is -0.142. The summed E-state index contributed by atoms with van der Waals surface area (Å²) in [5, 5.41) is 13.4. The lowest BCUT2D eigenvalue weighted by atomic mass is 9.88. The Kier molecular flexibility index (Phi) is 2.63. The summed E-state index contributed by atoms with van der Waals surface area (Å²) in [5.74, 6) is -0.839. The first-order valence-electron chi connectivity index (χ1n) is 4.96. The van der Waals surface area contributed by atoms with Crippen LogP contribution in [-0.4, -0.2) is 20.9 Å². The number of nitrogens with zero attached hydrogens (tertiary/aromatic N) is 2. The van der Waals surface area contributed by atoms with Crippen molar-refractivity contribution in [2.75, 3.05) is 0 Å². The number of carboxylic acids is 1. The van der Waals surface area contributed by atoms with E-state index in [1.807, 2.05) is 20.8 Å². The van der Waals surface area contributed by atoms with E-state index in [-0.39, 0.29) is 5.54 Å². The fourth-order valence-corrected chi connectivity index (χ4v) is 1.42.